The summed E-state index contributed by atoms with van der Waals surface area (Å²) < 4.78 is 5.10. The second kappa shape index (κ2) is 6.32. The standard InChI is InChI=1S/C20H20N2O2/c1-5-24-20(23)19-13(4)18-15-10-14(7-6-12(2)3)8-9-16(15)22-17(18)11-21-19/h6-11,22H,2,5H2,1,3-4H3/b7-6+. The lowest BCUT2D eigenvalue weighted by atomic mass is 10.0. The summed E-state index contributed by atoms with van der Waals surface area (Å²) in [6.07, 6.45) is 5.70. The Morgan fingerprint density at radius 2 is 2.17 bits per heavy atom. The van der Waals surface area contributed by atoms with E-state index in [1.54, 1.807) is 13.1 Å². The Morgan fingerprint density at radius 1 is 1.38 bits per heavy atom. The molecular formula is C20H20N2O2. The topological polar surface area (TPSA) is 55.0 Å². The summed E-state index contributed by atoms with van der Waals surface area (Å²) in [7, 11) is 0. The Labute approximate surface area is 140 Å². The number of aryl methyl sites for hydroxylation is 1. The van der Waals surface area contributed by atoms with E-state index in [4.69, 9.17) is 4.74 Å². The monoisotopic (exact) mass is 320 g/mol. The molecular weight excluding hydrogens is 300 g/mol. The van der Waals surface area contributed by atoms with Crippen LogP contribution in [0.1, 0.15) is 35.5 Å². The lowest BCUT2D eigenvalue weighted by molar-refractivity contribution is 0.0519. The van der Waals surface area contributed by atoms with Crippen LogP contribution in [0.15, 0.2) is 42.6 Å². The zero-order valence-corrected chi connectivity index (χ0v) is 14.1. The summed E-state index contributed by atoms with van der Waals surface area (Å²) in [5, 5.41) is 2.08. The minimum absolute atomic E-state index is 0.335. The Morgan fingerprint density at radius 3 is 2.88 bits per heavy atom. The molecule has 0 aliphatic rings. The van der Waals surface area contributed by atoms with Gasteiger partial charge in [0, 0.05) is 16.3 Å². The molecule has 3 aromatic rings. The summed E-state index contributed by atoms with van der Waals surface area (Å²) in [6.45, 7) is 9.88. The predicted molar refractivity (Wildman–Crippen MR) is 98.1 cm³/mol. The van der Waals surface area contributed by atoms with Crippen molar-refractivity contribution in [1.29, 1.82) is 0 Å². The predicted octanol–water partition coefficient (Wildman–Crippen LogP) is 4.79. The van der Waals surface area contributed by atoms with Gasteiger partial charge in [0.2, 0.25) is 0 Å². The third kappa shape index (κ3) is 2.83. The highest BCUT2D eigenvalue weighted by Gasteiger charge is 2.17. The fourth-order valence-electron chi connectivity index (χ4n) is 2.82. The van der Waals surface area contributed by atoms with Crippen molar-refractivity contribution in [2.24, 2.45) is 0 Å². The summed E-state index contributed by atoms with van der Waals surface area (Å²) >= 11 is 0. The van der Waals surface area contributed by atoms with Crippen molar-refractivity contribution in [3.63, 3.8) is 0 Å². The van der Waals surface area contributed by atoms with Crippen LogP contribution in [0.3, 0.4) is 0 Å². The number of fused-ring (bicyclic) bond motifs is 3. The molecule has 4 heteroatoms. The molecule has 2 heterocycles. The highest BCUT2D eigenvalue weighted by molar-refractivity contribution is 6.11. The van der Waals surface area contributed by atoms with Crippen LogP contribution in [0.4, 0.5) is 0 Å². The normalized spacial score (nSPS) is 11.5. The van der Waals surface area contributed by atoms with Crippen LogP contribution in [0, 0.1) is 6.92 Å². The number of esters is 1. The van der Waals surface area contributed by atoms with Gasteiger partial charge in [-0.05, 0) is 44.0 Å². The fourth-order valence-corrected chi connectivity index (χ4v) is 2.82. The molecule has 0 unspecified atom stereocenters. The minimum atomic E-state index is -0.385. The molecule has 1 aromatic carbocycles. The second-order valence-corrected chi connectivity index (χ2v) is 5.85. The maximum Gasteiger partial charge on any atom is 0.357 e. The van der Waals surface area contributed by atoms with Crippen LogP contribution in [-0.4, -0.2) is 22.5 Å². The van der Waals surface area contributed by atoms with E-state index in [2.05, 4.69) is 22.6 Å². The van der Waals surface area contributed by atoms with E-state index in [9.17, 15) is 4.79 Å². The third-order valence-corrected chi connectivity index (χ3v) is 3.93. The van der Waals surface area contributed by atoms with Crippen LogP contribution in [0.5, 0.6) is 0 Å². The molecule has 0 atom stereocenters. The number of rotatable bonds is 4. The van der Waals surface area contributed by atoms with Gasteiger partial charge in [-0.2, -0.15) is 0 Å². The van der Waals surface area contributed by atoms with Crippen molar-refractivity contribution >= 4 is 33.9 Å². The van der Waals surface area contributed by atoms with E-state index < -0.39 is 0 Å². The van der Waals surface area contributed by atoms with Gasteiger partial charge in [0.15, 0.2) is 5.69 Å². The van der Waals surface area contributed by atoms with Crippen LogP contribution < -0.4 is 0 Å². The molecule has 0 bridgehead atoms. The number of carbonyl (C=O) groups is 1. The largest absolute Gasteiger partial charge is 0.461 e. The van der Waals surface area contributed by atoms with Crippen LogP contribution in [0.2, 0.25) is 0 Å². The first-order valence-corrected chi connectivity index (χ1v) is 7.93. The molecule has 0 aliphatic heterocycles. The lowest BCUT2D eigenvalue weighted by Gasteiger charge is -2.05. The first-order chi connectivity index (χ1) is 11.5. The Hall–Kier alpha value is -2.88. The fraction of sp³-hybridized carbons (Fsp3) is 0.200. The van der Waals surface area contributed by atoms with Gasteiger partial charge in [-0.15, -0.1) is 0 Å². The van der Waals surface area contributed by atoms with Crippen LogP contribution in [-0.2, 0) is 4.74 Å². The third-order valence-electron chi connectivity index (χ3n) is 3.93. The van der Waals surface area contributed by atoms with E-state index in [1.165, 1.54) is 0 Å². The van der Waals surface area contributed by atoms with Crippen LogP contribution in [0.25, 0.3) is 27.9 Å². The summed E-state index contributed by atoms with van der Waals surface area (Å²) in [5.41, 5.74) is 5.21. The van der Waals surface area contributed by atoms with E-state index in [0.717, 1.165) is 38.5 Å². The maximum absolute atomic E-state index is 12.1. The van der Waals surface area contributed by atoms with E-state index in [1.807, 2.05) is 38.1 Å². The SMILES string of the molecule is C=C(C)/C=C/c1ccc2[nH]c3cnc(C(=O)OCC)c(C)c3c2c1. The molecule has 0 radical (unpaired) electrons. The average molecular weight is 320 g/mol. The van der Waals surface area contributed by atoms with Crippen LogP contribution >= 0.6 is 0 Å². The number of benzene rings is 1. The molecule has 0 aliphatic carbocycles. The van der Waals surface area contributed by atoms with Crippen molar-refractivity contribution in [3.05, 3.63) is 59.4 Å². The Kier molecular flexibility index (Phi) is 4.21. The number of nitrogens with zero attached hydrogens (tertiary/aromatic N) is 1. The molecule has 0 saturated carbocycles. The number of aromatic nitrogens is 2. The quantitative estimate of drug-likeness (QED) is 0.555. The summed E-state index contributed by atoms with van der Waals surface area (Å²) in [6, 6.07) is 6.19. The van der Waals surface area contributed by atoms with Gasteiger partial charge < -0.3 is 9.72 Å². The number of allylic oxidation sites excluding steroid dienone is 2. The number of nitrogens with one attached hydrogen (secondary N) is 1. The zero-order chi connectivity index (χ0) is 17.3. The number of carbonyl (C=O) groups excluding carboxylic acids is 1. The summed E-state index contributed by atoms with van der Waals surface area (Å²) in [5.74, 6) is -0.385. The van der Waals surface area contributed by atoms with Crippen molar-refractivity contribution in [2.45, 2.75) is 20.8 Å². The molecule has 0 saturated heterocycles. The van der Waals surface area contributed by atoms with Gasteiger partial charge in [-0.3, -0.25) is 0 Å². The molecule has 3 rings (SSSR count). The Bertz CT molecular complexity index is 980. The number of hydrogen-bond acceptors (Lipinski definition) is 3. The van der Waals surface area contributed by atoms with Crippen molar-refractivity contribution in [1.82, 2.24) is 9.97 Å². The van der Waals surface area contributed by atoms with Crippen molar-refractivity contribution in [2.75, 3.05) is 6.61 Å². The minimum Gasteiger partial charge on any atom is -0.461 e. The average Bonchev–Trinajstić information content (AvgIpc) is 2.91. The van der Waals surface area contributed by atoms with Crippen molar-refractivity contribution < 1.29 is 9.53 Å². The number of pyridine rings is 1. The van der Waals surface area contributed by atoms with E-state index in [-0.39, 0.29) is 5.97 Å². The smallest absolute Gasteiger partial charge is 0.357 e. The second-order valence-electron chi connectivity index (χ2n) is 5.85. The van der Waals surface area contributed by atoms with Gasteiger partial charge in [0.05, 0.1) is 18.3 Å². The maximum atomic E-state index is 12.1. The first kappa shape index (κ1) is 16.0. The molecule has 122 valence electrons. The molecule has 0 spiro atoms. The van der Waals surface area contributed by atoms with Gasteiger partial charge in [0.1, 0.15) is 0 Å². The number of hydrogen-bond donors (Lipinski definition) is 1. The van der Waals surface area contributed by atoms with Gasteiger partial charge in [0.25, 0.3) is 0 Å². The Balaban J connectivity index is 2.21. The van der Waals surface area contributed by atoms with E-state index >= 15 is 0 Å². The number of ether oxygens (including phenoxy) is 1. The molecule has 0 fully saturated rings. The molecule has 24 heavy (non-hydrogen) atoms. The van der Waals surface area contributed by atoms with E-state index in [0.29, 0.717) is 12.3 Å². The van der Waals surface area contributed by atoms with Gasteiger partial charge >= 0.3 is 5.97 Å². The van der Waals surface area contributed by atoms with Crippen molar-refractivity contribution in [3.8, 4) is 0 Å². The molecule has 4 nitrogen and oxygen atoms in total. The van der Waals surface area contributed by atoms with Gasteiger partial charge in [-0.25, -0.2) is 9.78 Å². The highest BCUT2D eigenvalue weighted by atomic mass is 16.5. The number of H-pyrrole nitrogens is 1. The van der Waals surface area contributed by atoms with Gasteiger partial charge in [-0.1, -0.05) is 30.4 Å². The highest BCUT2D eigenvalue weighted by Crippen LogP contribution is 2.30. The molecule has 1 N–H and O–H groups in total. The lowest BCUT2D eigenvalue weighted by Crippen LogP contribution is -2.09. The number of aromatic amines is 1. The summed E-state index contributed by atoms with van der Waals surface area (Å²) in [4.78, 5) is 19.7. The molecule has 0 amide bonds. The zero-order valence-electron chi connectivity index (χ0n) is 14.1. The first-order valence-electron chi connectivity index (χ1n) is 7.93. The molecule has 2 aromatic heterocycles.